The Hall–Kier alpha value is -2.35. The van der Waals surface area contributed by atoms with Crippen LogP contribution < -0.4 is 15.4 Å². The molecule has 2 N–H and O–H groups in total. The summed E-state index contributed by atoms with van der Waals surface area (Å²) in [4.78, 5) is 12.6. The maximum Gasteiger partial charge on any atom is 0.243 e. The van der Waals surface area contributed by atoms with E-state index in [1.165, 1.54) is 16.4 Å². The lowest BCUT2D eigenvalue weighted by Crippen LogP contribution is -2.50. The highest BCUT2D eigenvalue weighted by atomic mass is 32.2. The van der Waals surface area contributed by atoms with Crippen LogP contribution in [0.1, 0.15) is 34.6 Å². The summed E-state index contributed by atoms with van der Waals surface area (Å²) in [5, 5.41) is 15.1. The van der Waals surface area contributed by atoms with Gasteiger partial charge in [-0.2, -0.15) is 9.57 Å². The van der Waals surface area contributed by atoms with Crippen LogP contribution in [0.3, 0.4) is 0 Å². The number of hydrogen-bond acceptors (Lipinski definition) is 7. The van der Waals surface area contributed by atoms with E-state index in [9.17, 15) is 18.5 Å². The molecule has 9 nitrogen and oxygen atoms in total. The Balaban J connectivity index is 2.24. The maximum atomic E-state index is 13.0. The molecule has 1 saturated heterocycles. The highest BCUT2D eigenvalue weighted by Crippen LogP contribution is 2.30. The van der Waals surface area contributed by atoms with Gasteiger partial charge in [-0.25, -0.2) is 8.42 Å². The van der Waals surface area contributed by atoms with Gasteiger partial charge < -0.3 is 20.1 Å². The summed E-state index contributed by atoms with van der Waals surface area (Å²) in [7, 11) is -3.70. The molecule has 1 aromatic carbocycles. The van der Waals surface area contributed by atoms with E-state index < -0.39 is 15.6 Å². The largest absolute Gasteiger partial charge is 0.489 e. The van der Waals surface area contributed by atoms with Crippen molar-refractivity contribution in [1.29, 1.82) is 5.26 Å². The molecule has 2 rings (SSSR count). The number of amides is 1. The molecule has 0 aromatic heterocycles. The molecular formula is C21H32N4O5S. The molecule has 0 radical (unpaired) electrons. The summed E-state index contributed by atoms with van der Waals surface area (Å²) < 4.78 is 38.4. The van der Waals surface area contributed by atoms with Crippen molar-refractivity contribution in [1.82, 2.24) is 9.62 Å². The van der Waals surface area contributed by atoms with Crippen molar-refractivity contribution >= 4 is 21.6 Å². The average molecular weight is 453 g/mol. The molecule has 0 spiro atoms. The summed E-state index contributed by atoms with van der Waals surface area (Å²) in [6.45, 7) is 10.2. The lowest BCUT2D eigenvalue weighted by molar-refractivity contribution is -0.121. The fraction of sp³-hybridized carbons (Fsp3) is 0.619. The maximum absolute atomic E-state index is 13.0. The van der Waals surface area contributed by atoms with Gasteiger partial charge in [0.15, 0.2) is 0 Å². The minimum Gasteiger partial charge on any atom is -0.489 e. The van der Waals surface area contributed by atoms with Gasteiger partial charge in [-0.05, 0) is 44.9 Å². The van der Waals surface area contributed by atoms with Crippen molar-refractivity contribution in [3.8, 4) is 11.8 Å². The number of ether oxygens (including phenoxy) is 2. The summed E-state index contributed by atoms with van der Waals surface area (Å²) in [6, 6.07) is 6.69. The molecule has 1 aromatic rings. The quantitative estimate of drug-likeness (QED) is 0.587. The van der Waals surface area contributed by atoms with Gasteiger partial charge in [-0.15, -0.1) is 0 Å². The van der Waals surface area contributed by atoms with Gasteiger partial charge in [0.25, 0.3) is 0 Å². The first-order chi connectivity index (χ1) is 14.5. The molecule has 10 heteroatoms. The highest BCUT2D eigenvalue weighted by Gasteiger charge is 2.30. The predicted molar refractivity (Wildman–Crippen MR) is 117 cm³/mol. The van der Waals surface area contributed by atoms with Crippen LogP contribution in [0.4, 0.5) is 5.69 Å². The van der Waals surface area contributed by atoms with Crippen LogP contribution in [0.2, 0.25) is 0 Å². The topological polar surface area (TPSA) is 121 Å². The molecule has 0 saturated carbocycles. The third-order valence-electron chi connectivity index (χ3n) is 5.15. The zero-order valence-corrected chi connectivity index (χ0v) is 19.6. The number of sulfonamides is 1. The van der Waals surface area contributed by atoms with E-state index in [4.69, 9.17) is 9.47 Å². The zero-order valence-electron chi connectivity index (χ0n) is 18.8. The van der Waals surface area contributed by atoms with E-state index >= 15 is 0 Å². The van der Waals surface area contributed by atoms with E-state index in [0.717, 1.165) is 0 Å². The van der Waals surface area contributed by atoms with E-state index in [-0.39, 0.29) is 29.4 Å². The number of anilines is 1. The molecule has 0 bridgehead atoms. The van der Waals surface area contributed by atoms with E-state index in [1.54, 1.807) is 13.0 Å². The molecule has 1 fully saturated rings. The summed E-state index contributed by atoms with van der Waals surface area (Å²) in [5.74, 6) is -0.0198. The minimum atomic E-state index is -3.70. The standard InChI is InChI=1S/C21H32N4O5S/c1-15(2)21(5,14-22)24-20(26)13-23-18-12-17(6-7-19(18)30-16(3)4)31(27,28)25-8-10-29-11-9-25/h6-7,12,15-16,23H,8-11,13H2,1-5H3,(H,24,26). The van der Waals surface area contributed by atoms with Crippen LogP contribution >= 0.6 is 0 Å². The smallest absolute Gasteiger partial charge is 0.243 e. The number of carbonyl (C=O) groups excluding carboxylic acids is 1. The average Bonchev–Trinajstić information content (AvgIpc) is 2.72. The number of nitrogens with zero attached hydrogens (tertiary/aromatic N) is 2. The van der Waals surface area contributed by atoms with Crippen molar-refractivity contribution in [2.45, 2.75) is 51.2 Å². The lowest BCUT2D eigenvalue weighted by Gasteiger charge is -2.28. The first-order valence-electron chi connectivity index (χ1n) is 10.3. The minimum absolute atomic E-state index is 0.0803. The second-order valence-electron chi connectivity index (χ2n) is 8.21. The second-order valence-corrected chi connectivity index (χ2v) is 10.1. The monoisotopic (exact) mass is 452 g/mol. The number of carbonyl (C=O) groups is 1. The van der Waals surface area contributed by atoms with Gasteiger partial charge >= 0.3 is 0 Å². The van der Waals surface area contributed by atoms with E-state index in [2.05, 4.69) is 16.7 Å². The van der Waals surface area contributed by atoms with Gasteiger partial charge in [-0.1, -0.05) is 13.8 Å². The number of nitrogens with one attached hydrogen (secondary N) is 2. The van der Waals surface area contributed by atoms with Gasteiger partial charge in [-0.3, -0.25) is 4.79 Å². The van der Waals surface area contributed by atoms with Crippen LogP contribution in [-0.2, 0) is 19.6 Å². The molecule has 1 unspecified atom stereocenters. The predicted octanol–water partition coefficient (Wildman–Crippen LogP) is 1.96. The molecule has 1 aliphatic heterocycles. The van der Waals surface area contributed by atoms with E-state index in [0.29, 0.717) is 37.7 Å². The van der Waals surface area contributed by atoms with Crippen LogP contribution in [0.25, 0.3) is 0 Å². The number of benzene rings is 1. The Morgan fingerprint density at radius 2 is 1.94 bits per heavy atom. The highest BCUT2D eigenvalue weighted by molar-refractivity contribution is 7.89. The molecule has 1 heterocycles. The van der Waals surface area contributed by atoms with Gasteiger partial charge in [0.05, 0.1) is 42.5 Å². The summed E-state index contributed by atoms with van der Waals surface area (Å²) in [6.07, 6.45) is -0.140. The van der Waals surface area contributed by atoms with Crippen LogP contribution in [0, 0.1) is 17.2 Å². The number of morpholine rings is 1. The molecule has 1 aliphatic rings. The second kappa shape index (κ2) is 10.3. The zero-order chi connectivity index (χ0) is 23.2. The van der Waals surface area contributed by atoms with Gasteiger partial charge in [0.1, 0.15) is 11.3 Å². The number of nitriles is 1. The molecule has 1 atom stereocenters. The molecule has 0 aliphatic carbocycles. The normalized spacial score (nSPS) is 17.1. The Morgan fingerprint density at radius 1 is 1.29 bits per heavy atom. The van der Waals surface area contributed by atoms with Crippen LogP contribution in [-0.4, -0.2) is 63.1 Å². The fourth-order valence-electron chi connectivity index (χ4n) is 2.91. The molecule has 172 valence electrons. The van der Waals surface area contributed by atoms with Crippen molar-refractivity contribution in [2.75, 3.05) is 38.2 Å². The van der Waals surface area contributed by atoms with Crippen LogP contribution in [0.5, 0.6) is 5.75 Å². The first kappa shape index (κ1) is 24.9. The third kappa shape index (κ3) is 6.32. The fourth-order valence-corrected chi connectivity index (χ4v) is 4.35. The van der Waals surface area contributed by atoms with Crippen LogP contribution in [0.15, 0.2) is 23.1 Å². The van der Waals surface area contributed by atoms with Crippen molar-refractivity contribution in [2.24, 2.45) is 5.92 Å². The molecule has 1 amide bonds. The van der Waals surface area contributed by atoms with E-state index in [1.807, 2.05) is 27.7 Å². The Kier molecular flexibility index (Phi) is 8.28. The van der Waals surface area contributed by atoms with Gasteiger partial charge in [0.2, 0.25) is 15.9 Å². The first-order valence-corrected chi connectivity index (χ1v) is 11.8. The summed E-state index contributed by atoms with van der Waals surface area (Å²) >= 11 is 0. The number of hydrogen-bond donors (Lipinski definition) is 2. The summed E-state index contributed by atoms with van der Waals surface area (Å²) in [5.41, 5.74) is -0.612. The Bertz CT molecular complexity index is 920. The Morgan fingerprint density at radius 3 is 2.48 bits per heavy atom. The van der Waals surface area contributed by atoms with Gasteiger partial charge in [0, 0.05) is 13.1 Å². The Labute approximate surface area is 184 Å². The lowest BCUT2D eigenvalue weighted by atomic mass is 9.90. The SMILES string of the molecule is CC(C)Oc1ccc(S(=O)(=O)N2CCOCC2)cc1NCC(=O)NC(C)(C#N)C(C)C. The molecule has 31 heavy (non-hydrogen) atoms. The molecular weight excluding hydrogens is 420 g/mol. The number of rotatable bonds is 9. The van der Waals surface area contributed by atoms with Crippen molar-refractivity contribution in [3.05, 3.63) is 18.2 Å². The van der Waals surface area contributed by atoms with Crippen molar-refractivity contribution in [3.63, 3.8) is 0 Å². The third-order valence-corrected chi connectivity index (χ3v) is 7.04. The van der Waals surface area contributed by atoms with Crippen molar-refractivity contribution < 1.29 is 22.7 Å².